The van der Waals surface area contributed by atoms with E-state index in [0.29, 0.717) is 18.4 Å². The smallest absolute Gasteiger partial charge is 0.309 e. The number of carbonyl (C=O) groups excluding carboxylic acids is 2. The lowest BCUT2D eigenvalue weighted by atomic mass is 9.78. The molecule has 2 N–H and O–H groups in total. The van der Waals surface area contributed by atoms with E-state index in [1.807, 2.05) is 0 Å². The zero-order valence-corrected chi connectivity index (χ0v) is 11.9. The number of hydrogen-bond acceptors (Lipinski definition) is 5. The van der Waals surface area contributed by atoms with Crippen molar-refractivity contribution in [3.63, 3.8) is 0 Å². The van der Waals surface area contributed by atoms with Crippen molar-refractivity contribution in [3.8, 4) is 0 Å². The van der Waals surface area contributed by atoms with Crippen molar-refractivity contribution in [1.29, 1.82) is 0 Å². The first-order valence-electron chi connectivity index (χ1n) is 7.10. The van der Waals surface area contributed by atoms with Crippen LogP contribution in [0.2, 0.25) is 0 Å². The summed E-state index contributed by atoms with van der Waals surface area (Å²) >= 11 is 0. The van der Waals surface area contributed by atoms with E-state index in [-0.39, 0.29) is 29.5 Å². The van der Waals surface area contributed by atoms with Gasteiger partial charge in [0.1, 0.15) is 0 Å². The van der Waals surface area contributed by atoms with Crippen LogP contribution in [0.25, 0.3) is 0 Å². The Labute approximate surface area is 117 Å². The van der Waals surface area contributed by atoms with Crippen LogP contribution in [0.3, 0.4) is 0 Å². The van der Waals surface area contributed by atoms with E-state index in [4.69, 9.17) is 4.74 Å². The van der Waals surface area contributed by atoms with Crippen molar-refractivity contribution in [2.24, 2.45) is 17.8 Å². The van der Waals surface area contributed by atoms with Crippen molar-refractivity contribution in [3.05, 3.63) is 11.1 Å². The third-order valence-corrected chi connectivity index (χ3v) is 5.48. The van der Waals surface area contributed by atoms with E-state index < -0.39 is 17.8 Å². The molecule has 1 saturated heterocycles. The van der Waals surface area contributed by atoms with Crippen LogP contribution in [0.15, 0.2) is 11.1 Å². The van der Waals surface area contributed by atoms with Crippen molar-refractivity contribution in [2.45, 2.75) is 51.4 Å². The van der Waals surface area contributed by atoms with E-state index in [1.54, 1.807) is 20.8 Å². The SMILES string of the molecule is CC1=C2C[C@@H](O)[C@@](C)(O)[C@@H]2C[C@@H]2[C@H](C)C(=O)O[C@@H]2C1=O. The number of aliphatic hydroxyl groups excluding tert-OH is 1. The Morgan fingerprint density at radius 3 is 2.65 bits per heavy atom. The second-order valence-corrected chi connectivity index (χ2v) is 6.56. The maximum atomic E-state index is 12.5. The van der Waals surface area contributed by atoms with Crippen LogP contribution in [0, 0.1) is 17.8 Å². The van der Waals surface area contributed by atoms with Gasteiger partial charge in [0.05, 0.1) is 17.6 Å². The lowest BCUT2D eigenvalue weighted by molar-refractivity contribution is -0.148. The fourth-order valence-electron chi connectivity index (χ4n) is 3.91. The van der Waals surface area contributed by atoms with Gasteiger partial charge in [-0.3, -0.25) is 9.59 Å². The highest BCUT2D eigenvalue weighted by Gasteiger charge is 2.56. The average Bonchev–Trinajstić information content (AvgIpc) is 2.74. The number of aliphatic hydroxyl groups is 2. The standard InChI is InChI=1S/C15H20O5/c1-6-8-5-11(16)15(3,19)10(8)4-9-7(2)14(18)20-13(9)12(6)17/h7,9-11,13,16,19H,4-5H2,1-3H3/t7-,9+,10+,11+,13-,15-/m0/s1. The number of esters is 1. The van der Waals surface area contributed by atoms with E-state index in [9.17, 15) is 19.8 Å². The Kier molecular flexibility index (Phi) is 2.86. The number of ketones is 1. The highest BCUT2D eigenvalue weighted by molar-refractivity contribution is 6.02. The van der Waals surface area contributed by atoms with Gasteiger partial charge in [-0.2, -0.15) is 0 Å². The molecule has 5 nitrogen and oxygen atoms in total. The van der Waals surface area contributed by atoms with Gasteiger partial charge < -0.3 is 14.9 Å². The summed E-state index contributed by atoms with van der Waals surface area (Å²) in [5.74, 6) is -1.36. The van der Waals surface area contributed by atoms with Crippen molar-refractivity contribution >= 4 is 11.8 Å². The van der Waals surface area contributed by atoms with Gasteiger partial charge in [-0.1, -0.05) is 12.5 Å². The molecule has 0 aromatic rings. The van der Waals surface area contributed by atoms with Crippen LogP contribution in [-0.2, 0) is 14.3 Å². The van der Waals surface area contributed by atoms with Crippen LogP contribution in [0.1, 0.15) is 33.6 Å². The molecule has 1 heterocycles. The van der Waals surface area contributed by atoms with Crippen LogP contribution in [0.5, 0.6) is 0 Å². The second kappa shape index (κ2) is 4.15. The monoisotopic (exact) mass is 280 g/mol. The maximum absolute atomic E-state index is 12.5. The van der Waals surface area contributed by atoms with Gasteiger partial charge >= 0.3 is 5.97 Å². The molecule has 1 aliphatic heterocycles. The maximum Gasteiger partial charge on any atom is 0.309 e. The molecule has 0 spiro atoms. The zero-order chi connectivity index (χ0) is 14.8. The van der Waals surface area contributed by atoms with Crippen LogP contribution < -0.4 is 0 Å². The molecule has 6 atom stereocenters. The normalized spacial score (nSPS) is 48.0. The molecule has 3 aliphatic rings. The topological polar surface area (TPSA) is 83.8 Å². The minimum atomic E-state index is -1.25. The summed E-state index contributed by atoms with van der Waals surface area (Å²) in [6, 6.07) is 0. The number of carbonyl (C=O) groups is 2. The first kappa shape index (κ1) is 13.8. The Morgan fingerprint density at radius 1 is 1.35 bits per heavy atom. The molecule has 20 heavy (non-hydrogen) atoms. The van der Waals surface area contributed by atoms with Gasteiger partial charge in [-0.15, -0.1) is 0 Å². The van der Waals surface area contributed by atoms with E-state index in [2.05, 4.69) is 0 Å². The summed E-state index contributed by atoms with van der Waals surface area (Å²) in [7, 11) is 0. The summed E-state index contributed by atoms with van der Waals surface area (Å²) in [4.78, 5) is 24.2. The molecule has 0 radical (unpaired) electrons. The minimum absolute atomic E-state index is 0.171. The molecular weight excluding hydrogens is 260 g/mol. The lowest BCUT2D eigenvalue weighted by Gasteiger charge is -2.30. The predicted octanol–water partition coefficient (Wildman–Crippen LogP) is 0.585. The number of hydrogen-bond donors (Lipinski definition) is 2. The van der Waals surface area contributed by atoms with Crippen LogP contribution in [-0.4, -0.2) is 39.8 Å². The molecule has 1 saturated carbocycles. The zero-order valence-electron chi connectivity index (χ0n) is 11.9. The van der Waals surface area contributed by atoms with Gasteiger partial charge in [-0.25, -0.2) is 0 Å². The van der Waals surface area contributed by atoms with Gasteiger partial charge in [-0.05, 0) is 32.3 Å². The largest absolute Gasteiger partial charge is 0.453 e. The van der Waals surface area contributed by atoms with Crippen molar-refractivity contribution < 1.29 is 24.5 Å². The number of ether oxygens (including phenoxy) is 1. The summed E-state index contributed by atoms with van der Waals surface area (Å²) in [5.41, 5.74) is 0.114. The third kappa shape index (κ3) is 1.63. The van der Waals surface area contributed by atoms with Crippen LogP contribution >= 0.6 is 0 Å². The van der Waals surface area contributed by atoms with E-state index in [1.165, 1.54) is 0 Å². The van der Waals surface area contributed by atoms with E-state index >= 15 is 0 Å². The molecule has 2 aliphatic carbocycles. The Morgan fingerprint density at radius 2 is 2.00 bits per heavy atom. The molecule has 110 valence electrons. The molecule has 0 aromatic heterocycles. The molecular formula is C15H20O5. The first-order valence-corrected chi connectivity index (χ1v) is 7.10. The summed E-state index contributed by atoms with van der Waals surface area (Å²) < 4.78 is 5.23. The highest BCUT2D eigenvalue weighted by Crippen LogP contribution is 2.50. The Balaban J connectivity index is 2.07. The lowest BCUT2D eigenvalue weighted by Crippen LogP contribution is -2.41. The fraction of sp³-hybridized carbons (Fsp3) is 0.733. The number of rotatable bonds is 0. The molecule has 0 unspecified atom stereocenters. The summed E-state index contributed by atoms with van der Waals surface area (Å²) in [6.45, 7) is 5.08. The minimum Gasteiger partial charge on any atom is -0.453 e. The molecule has 2 fully saturated rings. The Hall–Kier alpha value is -1.20. The Bertz CT molecular complexity index is 518. The van der Waals surface area contributed by atoms with Gasteiger partial charge in [0.2, 0.25) is 0 Å². The van der Waals surface area contributed by atoms with Gasteiger partial charge in [0.15, 0.2) is 11.9 Å². The third-order valence-electron chi connectivity index (χ3n) is 5.48. The summed E-state index contributed by atoms with van der Waals surface area (Å²) in [6.07, 6.45) is -0.768. The predicted molar refractivity (Wildman–Crippen MR) is 69.6 cm³/mol. The second-order valence-electron chi connectivity index (χ2n) is 6.56. The highest BCUT2D eigenvalue weighted by atomic mass is 16.6. The van der Waals surface area contributed by atoms with E-state index in [0.717, 1.165) is 5.57 Å². The molecule has 0 amide bonds. The number of fused-ring (bicyclic) bond motifs is 2. The van der Waals surface area contributed by atoms with Crippen molar-refractivity contribution in [1.82, 2.24) is 0 Å². The van der Waals surface area contributed by atoms with Crippen LogP contribution in [0.4, 0.5) is 0 Å². The molecule has 5 heteroatoms. The van der Waals surface area contributed by atoms with Gasteiger partial charge in [0.25, 0.3) is 0 Å². The number of Topliss-reactive ketones (excluding diaryl/α,β-unsaturated/α-hetero) is 1. The quantitative estimate of drug-likeness (QED) is 0.634. The molecule has 0 bridgehead atoms. The molecule has 0 aromatic carbocycles. The van der Waals surface area contributed by atoms with Gasteiger partial charge in [0, 0.05) is 11.8 Å². The first-order chi connectivity index (χ1) is 9.25. The van der Waals surface area contributed by atoms with Crippen molar-refractivity contribution in [2.75, 3.05) is 0 Å². The fourth-order valence-corrected chi connectivity index (χ4v) is 3.91. The average molecular weight is 280 g/mol. The summed E-state index contributed by atoms with van der Waals surface area (Å²) in [5, 5.41) is 20.6. The molecule has 3 rings (SSSR count).